The number of nitrogens with zero attached hydrogens (tertiary/aromatic N) is 1. The molecule has 0 saturated heterocycles. The van der Waals surface area contributed by atoms with Crippen molar-refractivity contribution in [2.45, 2.75) is 13.1 Å². The highest BCUT2D eigenvalue weighted by Gasteiger charge is 2.05. The van der Waals surface area contributed by atoms with E-state index in [1.54, 1.807) is 7.11 Å². The van der Waals surface area contributed by atoms with Gasteiger partial charge in [-0.3, -0.25) is 0 Å². The van der Waals surface area contributed by atoms with E-state index in [1.165, 1.54) is 11.1 Å². The summed E-state index contributed by atoms with van der Waals surface area (Å²) in [5, 5.41) is 4.01. The molecule has 2 rings (SSSR count). The van der Waals surface area contributed by atoms with Gasteiger partial charge < -0.3 is 15.0 Å². The molecule has 0 aromatic heterocycles. The van der Waals surface area contributed by atoms with Gasteiger partial charge in [-0.15, -0.1) is 0 Å². The van der Waals surface area contributed by atoms with Crippen LogP contribution in [0, 0.1) is 0 Å². The number of ether oxygens (including phenoxy) is 1. The Hall–Kier alpha value is -2.07. The Balaban J connectivity index is 1.87. The fraction of sp³-hybridized carbons (Fsp3) is 0.235. The van der Waals surface area contributed by atoms with E-state index in [9.17, 15) is 0 Å². The van der Waals surface area contributed by atoms with Crippen molar-refractivity contribution in [1.82, 2.24) is 10.2 Å². The summed E-state index contributed by atoms with van der Waals surface area (Å²) in [6.45, 7) is 1.49. The molecule has 2 aromatic rings. The average Bonchev–Trinajstić information content (AvgIpc) is 2.53. The highest BCUT2D eigenvalue weighted by Crippen LogP contribution is 2.13. The fourth-order valence-electron chi connectivity index (χ4n) is 2.02. The summed E-state index contributed by atoms with van der Waals surface area (Å²) in [6, 6.07) is 18.2. The second-order valence-corrected chi connectivity index (χ2v) is 5.24. The van der Waals surface area contributed by atoms with Crippen molar-refractivity contribution < 1.29 is 4.74 Å². The van der Waals surface area contributed by atoms with E-state index >= 15 is 0 Å². The molecule has 0 aliphatic rings. The van der Waals surface area contributed by atoms with E-state index in [1.807, 2.05) is 48.3 Å². The number of rotatable bonds is 5. The zero-order valence-corrected chi connectivity index (χ0v) is 13.2. The van der Waals surface area contributed by atoms with Gasteiger partial charge in [-0.05, 0) is 35.5 Å². The lowest BCUT2D eigenvalue weighted by Gasteiger charge is -2.21. The first-order chi connectivity index (χ1) is 10.2. The lowest BCUT2D eigenvalue weighted by molar-refractivity contribution is 0.412. The highest BCUT2D eigenvalue weighted by atomic mass is 32.1. The monoisotopic (exact) mass is 300 g/mol. The molecule has 0 aliphatic heterocycles. The maximum absolute atomic E-state index is 5.42. The van der Waals surface area contributed by atoms with Crippen molar-refractivity contribution in [3.8, 4) is 5.75 Å². The van der Waals surface area contributed by atoms with E-state index in [0.717, 1.165) is 24.0 Å². The Morgan fingerprint density at radius 1 is 1.10 bits per heavy atom. The van der Waals surface area contributed by atoms with Crippen LogP contribution in [0.1, 0.15) is 11.1 Å². The third-order valence-electron chi connectivity index (χ3n) is 3.19. The Labute approximate surface area is 131 Å². The number of thiocarbonyl (C=S) groups is 1. The predicted molar refractivity (Wildman–Crippen MR) is 90.3 cm³/mol. The van der Waals surface area contributed by atoms with Crippen LogP contribution in [0.5, 0.6) is 5.75 Å². The molecular formula is C17H20N2OS. The maximum atomic E-state index is 5.42. The van der Waals surface area contributed by atoms with Gasteiger partial charge in [0.25, 0.3) is 0 Å². The summed E-state index contributed by atoms with van der Waals surface area (Å²) in [5.41, 5.74) is 2.38. The second kappa shape index (κ2) is 7.64. The molecule has 0 heterocycles. The average molecular weight is 300 g/mol. The number of methoxy groups -OCH3 is 1. The minimum absolute atomic E-state index is 0.738. The smallest absolute Gasteiger partial charge is 0.169 e. The van der Waals surface area contributed by atoms with Gasteiger partial charge in [0.05, 0.1) is 7.11 Å². The van der Waals surface area contributed by atoms with E-state index in [4.69, 9.17) is 17.0 Å². The molecule has 4 heteroatoms. The molecule has 0 unspecified atom stereocenters. The fourth-order valence-corrected chi connectivity index (χ4v) is 2.16. The lowest BCUT2D eigenvalue weighted by atomic mass is 10.2. The van der Waals surface area contributed by atoms with Gasteiger partial charge in [0.2, 0.25) is 0 Å². The minimum atomic E-state index is 0.738. The van der Waals surface area contributed by atoms with Crippen molar-refractivity contribution in [3.63, 3.8) is 0 Å². The molecule has 0 radical (unpaired) electrons. The first-order valence-electron chi connectivity index (χ1n) is 6.85. The standard InChI is InChI=1S/C17H20N2OS/c1-19(13-15-9-6-10-16(11-15)20-2)17(21)18-12-14-7-4-3-5-8-14/h3-11H,12-13H2,1-2H3,(H,18,21). The van der Waals surface area contributed by atoms with Gasteiger partial charge in [0.1, 0.15) is 5.75 Å². The van der Waals surface area contributed by atoms with Gasteiger partial charge in [-0.1, -0.05) is 42.5 Å². The van der Waals surface area contributed by atoms with Gasteiger partial charge in [-0.2, -0.15) is 0 Å². The third-order valence-corrected chi connectivity index (χ3v) is 3.64. The van der Waals surface area contributed by atoms with E-state index in [0.29, 0.717) is 0 Å². The van der Waals surface area contributed by atoms with Gasteiger partial charge >= 0.3 is 0 Å². The summed E-state index contributed by atoms with van der Waals surface area (Å²) >= 11 is 5.42. The largest absolute Gasteiger partial charge is 0.497 e. The van der Waals surface area contributed by atoms with Crippen LogP contribution in [0.4, 0.5) is 0 Å². The molecule has 110 valence electrons. The molecule has 0 spiro atoms. The SMILES string of the molecule is COc1cccc(CN(C)C(=S)NCc2ccccc2)c1. The quantitative estimate of drug-likeness (QED) is 0.857. The first kappa shape index (κ1) is 15.3. The van der Waals surface area contributed by atoms with Crippen molar-refractivity contribution >= 4 is 17.3 Å². The van der Waals surface area contributed by atoms with E-state index in [2.05, 4.69) is 23.5 Å². The van der Waals surface area contributed by atoms with Crippen LogP contribution in [0.3, 0.4) is 0 Å². The zero-order chi connectivity index (χ0) is 15.1. The first-order valence-corrected chi connectivity index (χ1v) is 7.25. The second-order valence-electron chi connectivity index (χ2n) is 4.85. The Morgan fingerprint density at radius 3 is 2.52 bits per heavy atom. The summed E-state index contributed by atoms with van der Waals surface area (Å²) in [6.07, 6.45) is 0. The zero-order valence-electron chi connectivity index (χ0n) is 12.4. The summed E-state index contributed by atoms with van der Waals surface area (Å²) in [7, 11) is 3.66. The molecule has 0 saturated carbocycles. The van der Waals surface area contributed by atoms with Crippen LogP contribution in [-0.2, 0) is 13.1 Å². The van der Waals surface area contributed by atoms with Crippen molar-refractivity contribution in [2.24, 2.45) is 0 Å². The lowest BCUT2D eigenvalue weighted by Crippen LogP contribution is -2.36. The highest BCUT2D eigenvalue weighted by molar-refractivity contribution is 7.80. The molecule has 3 nitrogen and oxygen atoms in total. The maximum Gasteiger partial charge on any atom is 0.169 e. The van der Waals surface area contributed by atoms with Crippen molar-refractivity contribution in [2.75, 3.05) is 14.2 Å². The normalized spacial score (nSPS) is 10.0. The number of nitrogens with one attached hydrogen (secondary N) is 1. The number of hydrogen-bond donors (Lipinski definition) is 1. The Kier molecular flexibility index (Phi) is 5.58. The molecule has 0 fully saturated rings. The van der Waals surface area contributed by atoms with Crippen LogP contribution < -0.4 is 10.1 Å². The third kappa shape index (κ3) is 4.76. The summed E-state index contributed by atoms with van der Waals surface area (Å²) < 4.78 is 5.24. The molecule has 0 aliphatic carbocycles. The van der Waals surface area contributed by atoms with Crippen LogP contribution in [0.25, 0.3) is 0 Å². The molecule has 1 N–H and O–H groups in total. The van der Waals surface area contributed by atoms with Crippen LogP contribution in [0.2, 0.25) is 0 Å². The van der Waals surface area contributed by atoms with Gasteiger partial charge in [-0.25, -0.2) is 0 Å². The summed E-state index contributed by atoms with van der Waals surface area (Å²) in [4.78, 5) is 2.02. The molecule has 0 bridgehead atoms. The Bertz CT molecular complexity index is 586. The predicted octanol–water partition coefficient (Wildman–Crippen LogP) is 3.20. The number of hydrogen-bond acceptors (Lipinski definition) is 2. The Morgan fingerprint density at radius 2 is 1.81 bits per heavy atom. The van der Waals surface area contributed by atoms with E-state index < -0.39 is 0 Å². The van der Waals surface area contributed by atoms with Gasteiger partial charge in [0.15, 0.2) is 5.11 Å². The molecule has 2 aromatic carbocycles. The van der Waals surface area contributed by atoms with Crippen LogP contribution in [-0.4, -0.2) is 24.2 Å². The van der Waals surface area contributed by atoms with E-state index in [-0.39, 0.29) is 0 Å². The van der Waals surface area contributed by atoms with Crippen LogP contribution in [0.15, 0.2) is 54.6 Å². The topological polar surface area (TPSA) is 24.5 Å². The molecule has 21 heavy (non-hydrogen) atoms. The minimum Gasteiger partial charge on any atom is -0.497 e. The van der Waals surface area contributed by atoms with Crippen molar-refractivity contribution in [3.05, 3.63) is 65.7 Å². The summed E-state index contributed by atoms with van der Waals surface area (Å²) in [5.74, 6) is 0.865. The van der Waals surface area contributed by atoms with Crippen LogP contribution >= 0.6 is 12.2 Å². The van der Waals surface area contributed by atoms with Gasteiger partial charge in [0, 0.05) is 20.1 Å². The molecular weight excluding hydrogens is 280 g/mol. The molecule has 0 atom stereocenters. The number of benzene rings is 2. The molecule has 0 amide bonds. The van der Waals surface area contributed by atoms with Crippen molar-refractivity contribution in [1.29, 1.82) is 0 Å².